The number of hydrogen-bond donors (Lipinski definition) is 1. The summed E-state index contributed by atoms with van der Waals surface area (Å²) in [4.78, 5) is 14.5. The second-order valence-corrected chi connectivity index (χ2v) is 6.23. The smallest absolute Gasteiger partial charge is 0.253 e. The number of thioether (sulfide) groups is 1. The van der Waals surface area contributed by atoms with Gasteiger partial charge >= 0.3 is 0 Å². The zero-order valence-electron chi connectivity index (χ0n) is 10.9. The monoisotopic (exact) mass is 275 g/mol. The molecule has 2 heterocycles. The van der Waals surface area contributed by atoms with Crippen molar-refractivity contribution in [1.29, 1.82) is 0 Å². The van der Waals surface area contributed by atoms with Crippen LogP contribution in [0.15, 0.2) is 24.4 Å². The Morgan fingerprint density at radius 1 is 1.58 bits per heavy atom. The topological polar surface area (TPSA) is 49.0 Å². The highest BCUT2D eigenvalue weighted by Gasteiger charge is 2.23. The molecule has 0 bridgehead atoms. The van der Waals surface area contributed by atoms with Gasteiger partial charge in [-0.1, -0.05) is 13.0 Å². The Labute approximate surface area is 116 Å². The molecule has 2 aromatic rings. The van der Waals surface area contributed by atoms with Gasteiger partial charge in [-0.2, -0.15) is 16.9 Å². The third-order valence-electron chi connectivity index (χ3n) is 3.57. The van der Waals surface area contributed by atoms with Gasteiger partial charge < -0.3 is 4.90 Å². The van der Waals surface area contributed by atoms with Gasteiger partial charge in [0.15, 0.2) is 0 Å². The normalized spacial score (nSPS) is 19.8. The van der Waals surface area contributed by atoms with Gasteiger partial charge in [-0.05, 0) is 18.6 Å². The lowest BCUT2D eigenvalue weighted by Crippen LogP contribution is -2.41. The maximum Gasteiger partial charge on any atom is 0.253 e. The van der Waals surface area contributed by atoms with E-state index in [-0.39, 0.29) is 5.91 Å². The molecule has 1 aromatic heterocycles. The van der Waals surface area contributed by atoms with Gasteiger partial charge in [-0.15, -0.1) is 0 Å². The van der Waals surface area contributed by atoms with Crippen molar-refractivity contribution in [2.24, 2.45) is 0 Å². The van der Waals surface area contributed by atoms with Gasteiger partial charge in [0, 0.05) is 35.0 Å². The maximum absolute atomic E-state index is 12.5. The first-order chi connectivity index (χ1) is 9.28. The van der Waals surface area contributed by atoms with Crippen molar-refractivity contribution in [2.45, 2.75) is 18.6 Å². The molecule has 5 heteroatoms. The highest BCUT2D eigenvalue weighted by molar-refractivity contribution is 8.00. The summed E-state index contributed by atoms with van der Waals surface area (Å²) in [6.07, 6.45) is 2.89. The Morgan fingerprint density at radius 3 is 3.32 bits per heavy atom. The summed E-state index contributed by atoms with van der Waals surface area (Å²) >= 11 is 1.97. The van der Waals surface area contributed by atoms with Gasteiger partial charge in [0.2, 0.25) is 0 Å². The van der Waals surface area contributed by atoms with E-state index < -0.39 is 0 Å². The Morgan fingerprint density at radius 2 is 2.47 bits per heavy atom. The molecule has 1 aliphatic rings. The molecule has 1 atom stereocenters. The quantitative estimate of drug-likeness (QED) is 0.916. The number of aromatic nitrogens is 2. The number of hydrogen-bond acceptors (Lipinski definition) is 3. The zero-order chi connectivity index (χ0) is 13.2. The first-order valence-electron chi connectivity index (χ1n) is 6.62. The minimum atomic E-state index is 0.134. The summed E-state index contributed by atoms with van der Waals surface area (Å²) < 4.78 is 0. The van der Waals surface area contributed by atoms with Crippen LogP contribution < -0.4 is 0 Å². The summed E-state index contributed by atoms with van der Waals surface area (Å²) in [5.41, 5.74) is 1.67. The lowest BCUT2D eigenvalue weighted by molar-refractivity contribution is 0.0761. The van der Waals surface area contributed by atoms with Gasteiger partial charge in [0.05, 0.1) is 11.7 Å². The van der Waals surface area contributed by atoms with Crippen molar-refractivity contribution < 1.29 is 4.79 Å². The van der Waals surface area contributed by atoms with Crippen molar-refractivity contribution in [3.8, 4) is 0 Å². The summed E-state index contributed by atoms with van der Waals surface area (Å²) in [6.45, 7) is 3.89. The SMILES string of the molecule is CCC1CN(C(=O)c2ccc3cn[nH]c3c2)CCS1. The number of nitrogens with zero attached hydrogens (tertiary/aromatic N) is 2. The highest BCUT2D eigenvalue weighted by atomic mass is 32.2. The molecule has 0 saturated carbocycles. The molecule has 1 aromatic carbocycles. The van der Waals surface area contributed by atoms with Gasteiger partial charge in [0.25, 0.3) is 5.91 Å². The molecular formula is C14H17N3OS. The van der Waals surface area contributed by atoms with E-state index in [4.69, 9.17) is 0 Å². The van der Waals surface area contributed by atoms with Crippen molar-refractivity contribution in [2.75, 3.05) is 18.8 Å². The molecule has 1 saturated heterocycles. The largest absolute Gasteiger partial charge is 0.337 e. The minimum Gasteiger partial charge on any atom is -0.337 e. The lowest BCUT2D eigenvalue weighted by atomic mass is 10.1. The lowest BCUT2D eigenvalue weighted by Gasteiger charge is -2.32. The third kappa shape index (κ3) is 2.47. The maximum atomic E-state index is 12.5. The van der Waals surface area contributed by atoms with E-state index in [1.807, 2.05) is 34.9 Å². The number of benzene rings is 1. The summed E-state index contributed by atoms with van der Waals surface area (Å²) in [6, 6.07) is 5.73. The van der Waals surface area contributed by atoms with Crippen molar-refractivity contribution in [3.05, 3.63) is 30.0 Å². The molecule has 0 spiro atoms. The molecule has 1 amide bonds. The van der Waals surface area contributed by atoms with E-state index >= 15 is 0 Å². The molecular weight excluding hydrogens is 258 g/mol. The fraction of sp³-hybridized carbons (Fsp3) is 0.429. The number of aromatic amines is 1. The number of H-pyrrole nitrogens is 1. The van der Waals surface area contributed by atoms with Gasteiger partial charge in [-0.3, -0.25) is 9.89 Å². The fourth-order valence-electron chi connectivity index (χ4n) is 2.40. The molecule has 1 N–H and O–H groups in total. The van der Waals surface area contributed by atoms with Gasteiger partial charge in [-0.25, -0.2) is 0 Å². The average molecular weight is 275 g/mol. The van der Waals surface area contributed by atoms with E-state index in [9.17, 15) is 4.79 Å². The van der Waals surface area contributed by atoms with Crippen LogP contribution in [0.3, 0.4) is 0 Å². The van der Waals surface area contributed by atoms with Crippen LogP contribution in [0.5, 0.6) is 0 Å². The molecule has 4 nitrogen and oxygen atoms in total. The zero-order valence-corrected chi connectivity index (χ0v) is 11.7. The number of amides is 1. The van der Waals surface area contributed by atoms with Crippen LogP contribution in [0.1, 0.15) is 23.7 Å². The van der Waals surface area contributed by atoms with Crippen LogP contribution in [0, 0.1) is 0 Å². The predicted molar refractivity (Wildman–Crippen MR) is 78.5 cm³/mol. The second-order valence-electron chi connectivity index (χ2n) is 4.82. The van der Waals surface area contributed by atoms with Gasteiger partial charge in [0.1, 0.15) is 0 Å². The summed E-state index contributed by atoms with van der Waals surface area (Å²) in [5, 5.41) is 8.52. The first kappa shape index (κ1) is 12.5. The number of fused-ring (bicyclic) bond motifs is 1. The van der Waals surface area contributed by atoms with E-state index in [0.717, 1.165) is 41.7 Å². The van der Waals surface area contributed by atoms with Crippen LogP contribution in [-0.2, 0) is 0 Å². The van der Waals surface area contributed by atoms with Crippen LogP contribution >= 0.6 is 11.8 Å². The number of rotatable bonds is 2. The molecule has 1 fully saturated rings. The van der Waals surface area contributed by atoms with Crippen molar-refractivity contribution in [1.82, 2.24) is 15.1 Å². The molecule has 19 heavy (non-hydrogen) atoms. The van der Waals surface area contributed by atoms with E-state index in [2.05, 4.69) is 17.1 Å². The molecule has 1 aliphatic heterocycles. The summed E-state index contributed by atoms with van der Waals surface area (Å²) in [5.74, 6) is 1.17. The van der Waals surface area contributed by atoms with Crippen LogP contribution in [-0.4, -0.2) is 45.1 Å². The van der Waals surface area contributed by atoms with Crippen molar-refractivity contribution in [3.63, 3.8) is 0 Å². The third-order valence-corrected chi connectivity index (χ3v) is 4.94. The minimum absolute atomic E-state index is 0.134. The predicted octanol–water partition coefficient (Wildman–Crippen LogP) is 2.53. The molecule has 100 valence electrons. The number of carbonyl (C=O) groups excluding carboxylic acids is 1. The Kier molecular flexibility index (Phi) is 3.46. The average Bonchev–Trinajstić information content (AvgIpc) is 2.94. The molecule has 1 unspecified atom stereocenters. The highest BCUT2D eigenvalue weighted by Crippen LogP contribution is 2.23. The second kappa shape index (κ2) is 5.25. The first-order valence-corrected chi connectivity index (χ1v) is 7.67. The standard InChI is InChI=1S/C14H17N3OS/c1-2-12-9-17(5-6-19-12)14(18)10-3-4-11-8-15-16-13(11)7-10/h3-4,7-8,12H,2,5-6,9H2,1H3,(H,15,16). The molecule has 0 aliphatic carbocycles. The number of carbonyl (C=O) groups is 1. The van der Waals surface area contributed by atoms with E-state index in [0.29, 0.717) is 5.25 Å². The molecule has 0 radical (unpaired) electrons. The van der Waals surface area contributed by atoms with Crippen LogP contribution in [0.4, 0.5) is 0 Å². The van der Waals surface area contributed by atoms with Crippen molar-refractivity contribution >= 4 is 28.6 Å². The number of nitrogens with one attached hydrogen (secondary N) is 1. The van der Waals surface area contributed by atoms with E-state index in [1.165, 1.54) is 0 Å². The fourth-order valence-corrected chi connectivity index (χ4v) is 3.58. The Balaban J connectivity index is 1.82. The van der Waals surface area contributed by atoms with Crippen LogP contribution in [0.2, 0.25) is 0 Å². The molecule has 3 rings (SSSR count). The Bertz CT molecular complexity index is 595. The summed E-state index contributed by atoms with van der Waals surface area (Å²) in [7, 11) is 0. The van der Waals surface area contributed by atoms with Crippen LogP contribution in [0.25, 0.3) is 10.9 Å². The Hall–Kier alpha value is -1.49. The van der Waals surface area contributed by atoms with E-state index in [1.54, 1.807) is 6.20 Å².